The van der Waals surface area contributed by atoms with Crippen LogP contribution < -0.4 is 5.19 Å². The van der Waals surface area contributed by atoms with Crippen molar-refractivity contribution in [1.82, 2.24) is 0 Å². The molecule has 0 saturated heterocycles. The molecule has 0 bridgehead atoms. The van der Waals surface area contributed by atoms with Gasteiger partial charge in [-0.2, -0.15) is 0 Å². The van der Waals surface area contributed by atoms with Crippen LogP contribution in [-0.4, -0.2) is 9.52 Å². The first-order valence-electron chi connectivity index (χ1n) is 5.45. The van der Waals surface area contributed by atoms with Crippen LogP contribution in [0.15, 0.2) is 18.2 Å². The fourth-order valence-corrected chi connectivity index (χ4v) is 3.02. The largest absolute Gasteiger partial charge is 0.138 e. The normalized spacial score (nSPS) is 11.5. The van der Waals surface area contributed by atoms with Crippen LogP contribution >= 0.6 is 0 Å². The second-order valence-corrected chi connectivity index (χ2v) is 6.56. The van der Waals surface area contributed by atoms with E-state index in [1.54, 1.807) is 0 Å². The van der Waals surface area contributed by atoms with Gasteiger partial charge in [0.15, 0.2) is 0 Å². The van der Waals surface area contributed by atoms with E-state index in [0.29, 0.717) is 0 Å². The Balaban J connectivity index is 2.81. The van der Waals surface area contributed by atoms with Gasteiger partial charge in [0.05, 0.1) is 0 Å². The lowest BCUT2D eigenvalue weighted by Gasteiger charge is -2.08. The zero-order valence-electron chi connectivity index (χ0n) is 10.4. The summed E-state index contributed by atoms with van der Waals surface area (Å²) in [6.07, 6.45) is 0. The second-order valence-electron chi connectivity index (χ2n) is 5.09. The van der Waals surface area contributed by atoms with E-state index in [1.165, 1.54) is 16.3 Å². The van der Waals surface area contributed by atoms with E-state index in [1.807, 2.05) is 0 Å². The Morgan fingerprint density at radius 3 is 2.40 bits per heavy atom. The van der Waals surface area contributed by atoms with Crippen molar-refractivity contribution in [2.45, 2.75) is 34.6 Å². The van der Waals surface area contributed by atoms with E-state index in [-0.39, 0.29) is 5.41 Å². The van der Waals surface area contributed by atoms with Gasteiger partial charge in [-0.1, -0.05) is 18.2 Å². The molecule has 0 aliphatic heterocycles. The molecule has 1 aromatic carbocycles. The lowest BCUT2D eigenvalue weighted by molar-refractivity contribution is 0.571. The molecular formula is C14H20Si. The van der Waals surface area contributed by atoms with Crippen LogP contribution in [0.5, 0.6) is 0 Å². The van der Waals surface area contributed by atoms with E-state index in [4.69, 9.17) is 0 Å². The van der Waals surface area contributed by atoms with Crippen molar-refractivity contribution in [2.75, 3.05) is 0 Å². The first kappa shape index (κ1) is 12.1. The van der Waals surface area contributed by atoms with Gasteiger partial charge in [-0.15, -0.1) is 11.5 Å². The van der Waals surface area contributed by atoms with Crippen molar-refractivity contribution in [3.8, 4) is 11.5 Å². The maximum atomic E-state index is 3.40. The molecule has 0 atom stereocenters. The van der Waals surface area contributed by atoms with Crippen LogP contribution in [0.25, 0.3) is 0 Å². The summed E-state index contributed by atoms with van der Waals surface area (Å²) in [5, 5.41) is 1.49. The molecule has 1 rings (SSSR count). The molecule has 0 aromatic heterocycles. The molecule has 0 aliphatic rings. The van der Waals surface area contributed by atoms with Gasteiger partial charge in [-0.05, 0) is 50.9 Å². The van der Waals surface area contributed by atoms with Crippen LogP contribution in [0, 0.1) is 30.7 Å². The molecule has 0 nitrogen and oxygen atoms in total. The Bertz CT molecular complexity index is 400. The van der Waals surface area contributed by atoms with Crippen LogP contribution in [-0.2, 0) is 0 Å². The Morgan fingerprint density at radius 1 is 1.13 bits per heavy atom. The summed E-state index contributed by atoms with van der Waals surface area (Å²) in [6.45, 7) is 10.9. The highest BCUT2D eigenvalue weighted by molar-refractivity contribution is 6.62. The van der Waals surface area contributed by atoms with E-state index in [9.17, 15) is 0 Å². The molecule has 0 heterocycles. The van der Waals surface area contributed by atoms with Crippen LogP contribution in [0.4, 0.5) is 0 Å². The van der Waals surface area contributed by atoms with Crippen molar-refractivity contribution < 1.29 is 0 Å². The smallest absolute Gasteiger partial charge is 0.133 e. The number of aryl methyl sites for hydroxylation is 1. The molecule has 0 radical (unpaired) electrons. The van der Waals surface area contributed by atoms with Crippen LogP contribution in [0.2, 0.25) is 0 Å². The van der Waals surface area contributed by atoms with E-state index in [2.05, 4.69) is 64.3 Å². The highest BCUT2D eigenvalue weighted by Crippen LogP contribution is 2.09. The van der Waals surface area contributed by atoms with Gasteiger partial charge in [0.25, 0.3) is 0 Å². The van der Waals surface area contributed by atoms with Gasteiger partial charge >= 0.3 is 0 Å². The minimum atomic E-state index is -0.403. The van der Waals surface area contributed by atoms with Gasteiger partial charge in [-0.3, -0.25) is 0 Å². The number of hydrogen-bond donors (Lipinski definition) is 0. The third-order valence-corrected chi connectivity index (χ3v) is 3.96. The molecule has 0 amide bonds. The standard InChI is InChI=1S/C14H20Si/c1-11-7-6-8-13(12(11)2)15-10-9-14(3,4)5/h6-8H,15H2,1-5H3. The predicted octanol–water partition coefficient (Wildman–Crippen LogP) is 2.10. The zero-order chi connectivity index (χ0) is 11.5. The van der Waals surface area contributed by atoms with Crippen molar-refractivity contribution in [3.05, 3.63) is 29.3 Å². The fraction of sp³-hybridized carbons (Fsp3) is 0.429. The van der Waals surface area contributed by atoms with Gasteiger partial charge in [-0.25, -0.2) is 0 Å². The van der Waals surface area contributed by atoms with Crippen LogP contribution in [0.1, 0.15) is 31.9 Å². The minimum absolute atomic E-state index is 0.144. The topological polar surface area (TPSA) is 0 Å². The SMILES string of the molecule is Cc1cccc([SiH2]C#CC(C)(C)C)c1C. The summed E-state index contributed by atoms with van der Waals surface area (Å²) < 4.78 is 0. The Morgan fingerprint density at radius 2 is 1.80 bits per heavy atom. The molecule has 0 fully saturated rings. The molecule has 0 unspecified atom stereocenters. The van der Waals surface area contributed by atoms with Gasteiger partial charge < -0.3 is 0 Å². The highest BCUT2D eigenvalue weighted by atomic mass is 28.2. The Hall–Kier alpha value is -1.00. The molecule has 0 N–H and O–H groups in total. The lowest BCUT2D eigenvalue weighted by Crippen LogP contribution is -2.17. The van der Waals surface area contributed by atoms with Crippen LogP contribution in [0.3, 0.4) is 0 Å². The van der Waals surface area contributed by atoms with Gasteiger partial charge in [0.2, 0.25) is 0 Å². The summed E-state index contributed by atoms with van der Waals surface area (Å²) in [6, 6.07) is 6.54. The predicted molar refractivity (Wildman–Crippen MR) is 71.3 cm³/mol. The Labute approximate surface area is 95.9 Å². The minimum Gasteiger partial charge on any atom is -0.133 e. The first-order valence-corrected chi connectivity index (χ1v) is 6.87. The second kappa shape index (κ2) is 4.68. The van der Waals surface area contributed by atoms with E-state index in [0.717, 1.165) is 0 Å². The van der Waals surface area contributed by atoms with Crippen molar-refractivity contribution in [1.29, 1.82) is 0 Å². The summed E-state index contributed by atoms with van der Waals surface area (Å²) in [5.41, 5.74) is 6.37. The molecule has 15 heavy (non-hydrogen) atoms. The van der Waals surface area contributed by atoms with Crippen molar-refractivity contribution in [3.63, 3.8) is 0 Å². The monoisotopic (exact) mass is 216 g/mol. The lowest BCUT2D eigenvalue weighted by atomic mass is 9.99. The van der Waals surface area contributed by atoms with Crippen molar-refractivity contribution in [2.24, 2.45) is 5.41 Å². The maximum absolute atomic E-state index is 3.40. The third kappa shape index (κ3) is 3.93. The quantitative estimate of drug-likeness (QED) is 0.498. The number of benzene rings is 1. The molecule has 1 heteroatoms. The first-order chi connectivity index (χ1) is 6.90. The number of hydrogen-bond acceptors (Lipinski definition) is 0. The maximum Gasteiger partial charge on any atom is 0.138 e. The molecule has 0 saturated carbocycles. The molecule has 80 valence electrons. The molecule has 0 aliphatic carbocycles. The van der Waals surface area contributed by atoms with Crippen molar-refractivity contribution >= 4 is 14.7 Å². The molecule has 0 spiro atoms. The average molecular weight is 216 g/mol. The van der Waals surface area contributed by atoms with E-state index >= 15 is 0 Å². The summed E-state index contributed by atoms with van der Waals surface area (Å²) in [5.74, 6) is 3.33. The van der Waals surface area contributed by atoms with Gasteiger partial charge in [0, 0.05) is 5.41 Å². The highest BCUT2D eigenvalue weighted by Gasteiger charge is 2.03. The third-order valence-electron chi connectivity index (χ3n) is 2.46. The summed E-state index contributed by atoms with van der Waals surface area (Å²) in [4.78, 5) is 0. The molecular weight excluding hydrogens is 196 g/mol. The Kier molecular flexibility index (Phi) is 3.76. The summed E-state index contributed by atoms with van der Waals surface area (Å²) >= 11 is 0. The average Bonchev–Trinajstić information content (AvgIpc) is 2.10. The zero-order valence-corrected chi connectivity index (χ0v) is 11.9. The van der Waals surface area contributed by atoms with E-state index < -0.39 is 9.52 Å². The fourth-order valence-electron chi connectivity index (χ4n) is 1.41. The van der Waals surface area contributed by atoms with Gasteiger partial charge in [0.1, 0.15) is 9.52 Å². The summed E-state index contributed by atoms with van der Waals surface area (Å²) in [7, 11) is -0.403. The number of rotatable bonds is 1. The molecule has 1 aromatic rings.